The summed E-state index contributed by atoms with van der Waals surface area (Å²) in [4.78, 5) is 21.0. The third-order valence-corrected chi connectivity index (χ3v) is 6.09. The first-order valence-corrected chi connectivity index (χ1v) is 11.1. The SMILES string of the molecule is Cc1ccc([C@@H](C)OC(=O)N2CCN(c3cnn4cc(-c5cnn(C)c5)ccc34)CC2)cn1. The van der Waals surface area contributed by atoms with E-state index < -0.39 is 0 Å². The van der Waals surface area contributed by atoms with E-state index in [1.807, 2.05) is 62.3 Å². The Bertz CT molecular complexity index is 1270. The Kier molecular flexibility index (Phi) is 5.45. The number of aryl methyl sites for hydroxylation is 2. The minimum absolute atomic E-state index is 0.288. The second-order valence-corrected chi connectivity index (χ2v) is 8.41. The second kappa shape index (κ2) is 8.57. The van der Waals surface area contributed by atoms with Gasteiger partial charge in [-0.1, -0.05) is 12.1 Å². The van der Waals surface area contributed by atoms with Gasteiger partial charge in [0.2, 0.25) is 0 Å². The van der Waals surface area contributed by atoms with Crippen LogP contribution in [0.1, 0.15) is 24.3 Å². The van der Waals surface area contributed by atoms with Gasteiger partial charge in [-0.2, -0.15) is 10.2 Å². The minimum Gasteiger partial charge on any atom is -0.441 e. The molecule has 1 saturated heterocycles. The van der Waals surface area contributed by atoms with Crippen LogP contribution in [0.3, 0.4) is 0 Å². The molecule has 5 rings (SSSR count). The number of aromatic nitrogens is 5. The Morgan fingerprint density at radius 3 is 2.48 bits per heavy atom. The summed E-state index contributed by atoms with van der Waals surface area (Å²) in [6.07, 6.45) is 8.88. The van der Waals surface area contributed by atoms with E-state index in [2.05, 4.69) is 32.2 Å². The molecule has 33 heavy (non-hydrogen) atoms. The normalized spacial score (nSPS) is 15.1. The van der Waals surface area contributed by atoms with Crippen LogP contribution in [0, 0.1) is 6.92 Å². The Hall–Kier alpha value is -3.88. The standard InChI is InChI=1S/C24H27N7O2/c1-17-4-5-19(12-25-17)18(2)33-24(32)30-10-8-29(9-11-30)23-14-27-31-16-20(6-7-22(23)31)21-13-26-28(3)15-21/h4-7,12-16,18H,8-11H2,1-3H3/t18-/m1/s1. The lowest BCUT2D eigenvalue weighted by Crippen LogP contribution is -2.49. The van der Waals surface area contributed by atoms with Crippen LogP contribution in [-0.2, 0) is 11.8 Å². The zero-order chi connectivity index (χ0) is 22.9. The van der Waals surface area contributed by atoms with Crippen molar-refractivity contribution < 1.29 is 9.53 Å². The van der Waals surface area contributed by atoms with Gasteiger partial charge in [-0.3, -0.25) is 9.67 Å². The van der Waals surface area contributed by atoms with Crippen LogP contribution < -0.4 is 4.90 Å². The number of piperazine rings is 1. The van der Waals surface area contributed by atoms with Gasteiger partial charge in [0, 0.05) is 74.2 Å². The number of carbonyl (C=O) groups excluding carboxylic acids is 1. The maximum Gasteiger partial charge on any atom is 0.410 e. The molecule has 1 aliphatic heterocycles. The number of ether oxygens (including phenoxy) is 1. The molecule has 5 heterocycles. The highest BCUT2D eigenvalue weighted by atomic mass is 16.6. The molecular weight excluding hydrogens is 418 g/mol. The van der Waals surface area contributed by atoms with E-state index in [-0.39, 0.29) is 12.2 Å². The molecule has 0 N–H and O–H groups in total. The van der Waals surface area contributed by atoms with E-state index in [9.17, 15) is 4.79 Å². The van der Waals surface area contributed by atoms with Crippen LogP contribution in [0.2, 0.25) is 0 Å². The summed E-state index contributed by atoms with van der Waals surface area (Å²) in [5.74, 6) is 0. The molecule has 1 aliphatic rings. The van der Waals surface area contributed by atoms with Crippen molar-refractivity contribution in [2.75, 3.05) is 31.1 Å². The van der Waals surface area contributed by atoms with Crippen molar-refractivity contribution in [2.24, 2.45) is 7.05 Å². The number of hydrogen-bond donors (Lipinski definition) is 0. The first-order valence-electron chi connectivity index (χ1n) is 11.1. The molecule has 0 saturated carbocycles. The number of nitrogens with zero attached hydrogens (tertiary/aromatic N) is 7. The van der Waals surface area contributed by atoms with Crippen molar-refractivity contribution in [3.05, 3.63) is 66.5 Å². The molecule has 9 heteroatoms. The molecule has 9 nitrogen and oxygen atoms in total. The molecule has 1 amide bonds. The van der Waals surface area contributed by atoms with Crippen LogP contribution in [0.4, 0.5) is 10.5 Å². The Balaban J connectivity index is 1.22. The van der Waals surface area contributed by atoms with Gasteiger partial charge in [0.15, 0.2) is 0 Å². The average molecular weight is 446 g/mol. The Labute approximate surface area is 192 Å². The molecule has 0 radical (unpaired) electrons. The fraction of sp³-hybridized carbons (Fsp3) is 0.333. The topological polar surface area (TPSA) is 80.8 Å². The summed E-state index contributed by atoms with van der Waals surface area (Å²) in [6, 6.07) is 8.05. The zero-order valence-corrected chi connectivity index (χ0v) is 19.0. The average Bonchev–Trinajstić information content (AvgIpc) is 3.45. The van der Waals surface area contributed by atoms with Crippen molar-refractivity contribution in [3.8, 4) is 11.1 Å². The Morgan fingerprint density at radius 2 is 1.79 bits per heavy atom. The molecule has 4 aromatic rings. The van der Waals surface area contributed by atoms with Crippen LogP contribution >= 0.6 is 0 Å². The zero-order valence-electron chi connectivity index (χ0n) is 19.0. The molecule has 1 fully saturated rings. The van der Waals surface area contributed by atoms with E-state index in [4.69, 9.17) is 4.74 Å². The lowest BCUT2D eigenvalue weighted by atomic mass is 10.1. The van der Waals surface area contributed by atoms with Crippen molar-refractivity contribution in [1.29, 1.82) is 0 Å². The fourth-order valence-corrected chi connectivity index (χ4v) is 4.10. The first kappa shape index (κ1) is 21.0. The second-order valence-electron chi connectivity index (χ2n) is 8.41. The number of rotatable bonds is 4. The third-order valence-electron chi connectivity index (χ3n) is 6.09. The van der Waals surface area contributed by atoms with E-state index >= 15 is 0 Å². The minimum atomic E-state index is -0.336. The first-order chi connectivity index (χ1) is 16.0. The highest BCUT2D eigenvalue weighted by Crippen LogP contribution is 2.26. The summed E-state index contributed by atoms with van der Waals surface area (Å²) in [5.41, 5.74) is 6.06. The third kappa shape index (κ3) is 4.26. The van der Waals surface area contributed by atoms with Gasteiger partial charge >= 0.3 is 6.09 Å². The van der Waals surface area contributed by atoms with Gasteiger partial charge in [0.25, 0.3) is 0 Å². The smallest absolute Gasteiger partial charge is 0.410 e. The number of fused-ring (bicyclic) bond motifs is 1. The molecule has 0 aromatic carbocycles. The molecule has 1 atom stereocenters. The fourth-order valence-electron chi connectivity index (χ4n) is 4.10. The van der Waals surface area contributed by atoms with Crippen molar-refractivity contribution in [2.45, 2.75) is 20.0 Å². The van der Waals surface area contributed by atoms with Crippen molar-refractivity contribution in [3.63, 3.8) is 0 Å². The molecular formula is C24H27N7O2. The maximum atomic E-state index is 12.7. The largest absolute Gasteiger partial charge is 0.441 e. The lowest BCUT2D eigenvalue weighted by molar-refractivity contribution is 0.0679. The van der Waals surface area contributed by atoms with Crippen molar-refractivity contribution >= 4 is 17.3 Å². The highest BCUT2D eigenvalue weighted by Gasteiger charge is 2.25. The number of pyridine rings is 2. The van der Waals surface area contributed by atoms with Crippen LogP contribution in [0.15, 0.2) is 55.2 Å². The molecule has 0 aliphatic carbocycles. The highest BCUT2D eigenvalue weighted by molar-refractivity contribution is 5.76. The van der Waals surface area contributed by atoms with Gasteiger partial charge in [0.05, 0.1) is 23.6 Å². The number of amides is 1. The van der Waals surface area contributed by atoms with Gasteiger partial charge in [-0.05, 0) is 26.0 Å². The monoisotopic (exact) mass is 445 g/mol. The van der Waals surface area contributed by atoms with Crippen LogP contribution in [0.5, 0.6) is 0 Å². The van der Waals surface area contributed by atoms with Gasteiger partial charge < -0.3 is 14.5 Å². The summed E-state index contributed by atoms with van der Waals surface area (Å²) in [6.45, 7) is 6.46. The van der Waals surface area contributed by atoms with Gasteiger partial charge in [-0.25, -0.2) is 9.31 Å². The molecule has 0 spiro atoms. The van der Waals surface area contributed by atoms with Crippen LogP contribution in [0.25, 0.3) is 16.6 Å². The summed E-state index contributed by atoms with van der Waals surface area (Å²) in [7, 11) is 1.91. The van der Waals surface area contributed by atoms with E-state index in [1.165, 1.54) is 0 Å². The van der Waals surface area contributed by atoms with Gasteiger partial charge in [-0.15, -0.1) is 0 Å². The maximum absolute atomic E-state index is 12.7. The number of hydrogen-bond acceptors (Lipinski definition) is 6. The van der Waals surface area contributed by atoms with E-state index in [0.717, 1.165) is 46.7 Å². The Morgan fingerprint density at radius 1 is 0.970 bits per heavy atom. The summed E-state index contributed by atoms with van der Waals surface area (Å²) >= 11 is 0. The van der Waals surface area contributed by atoms with Crippen molar-refractivity contribution in [1.82, 2.24) is 29.3 Å². The summed E-state index contributed by atoms with van der Waals surface area (Å²) < 4.78 is 9.36. The van der Waals surface area contributed by atoms with Gasteiger partial charge in [0.1, 0.15) is 6.10 Å². The molecule has 0 unspecified atom stereocenters. The van der Waals surface area contributed by atoms with Crippen LogP contribution in [-0.4, -0.2) is 61.6 Å². The quantitative estimate of drug-likeness (QED) is 0.479. The predicted molar refractivity (Wildman–Crippen MR) is 125 cm³/mol. The van der Waals surface area contributed by atoms with E-state index in [1.54, 1.807) is 15.8 Å². The molecule has 170 valence electrons. The molecule has 0 bridgehead atoms. The number of carbonyl (C=O) groups is 1. The summed E-state index contributed by atoms with van der Waals surface area (Å²) in [5, 5.41) is 8.80. The number of anilines is 1. The lowest BCUT2D eigenvalue weighted by Gasteiger charge is -2.35. The molecule has 4 aromatic heterocycles. The predicted octanol–water partition coefficient (Wildman–Crippen LogP) is 3.46. The van der Waals surface area contributed by atoms with E-state index in [0.29, 0.717) is 13.1 Å².